The highest BCUT2D eigenvalue weighted by Gasteiger charge is 2.19. The predicted molar refractivity (Wildman–Crippen MR) is 244 cm³/mol. The standard InChI is InChI=1S/C55H33N3O/c1-2-11-34(12-3-1)35-21-24-37(25-22-35)53-56-54(41-27-28-43-40(31-41)26-23-36-13-6-7-16-42(36)43)58-55(57-53)48-30-29-46(44-17-8-9-18-45(44)48)47-19-10-20-50-52(47)49-32-38-14-4-5-15-39(38)33-51(49)59-50/h1-33H. The summed E-state index contributed by atoms with van der Waals surface area (Å²) in [5.74, 6) is 1.87. The maximum absolute atomic E-state index is 6.49. The lowest BCUT2D eigenvalue weighted by Gasteiger charge is -2.14. The van der Waals surface area contributed by atoms with E-state index in [0.717, 1.165) is 76.9 Å². The second-order valence-corrected chi connectivity index (χ2v) is 15.2. The zero-order valence-corrected chi connectivity index (χ0v) is 31.8. The molecule has 2 aromatic heterocycles. The largest absolute Gasteiger partial charge is 0.456 e. The summed E-state index contributed by atoms with van der Waals surface area (Å²) in [6.07, 6.45) is 0. The summed E-state index contributed by atoms with van der Waals surface area (Å²) in [6, 6.07) is 70.5. The molecule has 0 aliphatic rings. The Morgan fingerprint density at radius 2 is 0.847 bits per heavy atom. The van der Waals surface area contributed by atoms with Gasteiger partial charge < -0.3 is 4.42 Å². The molecule has 12 rings (SSSR count). The number of fused-ring (bicyclic) bond motifs is 8. The van der Waals surface area contributed by atoms with E-state index in [-0.39, 0.29) is 0 Å². The molecule has 4 nitrogen and oxygen atoms in total. The monoisotopic (exact) mass is 751 g/mol. The first-order valence-electron chi connectivity index (χ1n) is 19.9. The molecular weight excluding hydrogens is 719 g/mol. The number of aromatic nitrogens is 3. The highest BCUT2D eigenvalue weighted by Crippen LogP contribution is 2.42. The van der Waals surface area contributed by atoms with Gasteiger partial charge in [0.1, 0.15) is 11.2 Å². The van der Waals surface area contributed by atoms with E-state index in [1.54, 1.807) is 0 Å². The molecule has 0 aliphatic heterocycles. The lowest BCUT2D eigenvalue weighted by Crippen LogP contribution is -2.01. The quantitative estimate of drug-likeness (QED) is 0.164. The van der Waals surface area contributed by atoms with Crippen LogP contribution in [0.1, 0.15) is 0 Å². The van der Waals surface area contributed by atoms with Crippen molar-refractivity contribution >= 4 is 65.0 Å². The van der Waals surface area contributed by atoms with E-state index in [4.69, 9.17) is 19.4 Å². The molecule has 0 bridgehead atoms. The molecule has 274 valence electrons. The van der Waals surface area contributed by atoms with Gasteiger partial charge in [0.05, 0.1) is 0 Å². The van der Waals surface area contributed by atoms with Crippen molar-refractivity contribution in [1.29, 1.82) is 0 Å². The van der Waals surface area contributed by atoms with E-state index in [9.17, 15) is 0 Å². The Morgan fingerprint density at radius 3 is 1.66 bits per heavy atom. The topological polar surface area (TPSA) is 51.8 Å². The Morgan fingerprint density at radius 1 is 0.271 bits per heavy atom. The van der Waals surface area contributed by atoms with Crippen LogP contribution in [0.5, 0.6) is 0 Å². The number of hydrogen-bond acceptors (Lipinski definition) is 4. The van der Waals surface area contributed by atoms with Gasteiger partial charge in [0, 0.05) is 27.5 Å². The summed E-state index contributed by atoms with van der Waals surface area (Å²) in [5, 5.41) is 11.5. The lowest BCUT2D eigenvalue weighted by atomic mass is 9.92. The molecule has 0 aliphatic carbocycles. The first-order valence-corrected chi connectivity index (χ1v) is 19.9. The SMILES string of the molecule is c1ccc(-c2ccc(-c3nc(-c4ccc5c(ccc6ccccc65)c4)nc(-c4ccc(-c5cccc6oc7cc8ccccc8cc7c56)c5ccccc45)n3)cc2)cc1. The van der Waals surface area contributed by atoms with Gasteiger partial charge in [-0.3, -0.25) is 0 Å². The van der Waals surface area contributed by atoms with Crippen LogP contribution in [0.25, 0.3) is 121 Å². The van der Waals surface area contributed by atoms with Gasteiger partial charge in [-0.05, 0) is 95.7 Å². The third kappa shape index (κ3) is 5.57. The molecule has 0 spiro atoms. The highest BCUT2D eigenvalue weighted by molar-refractivity contribution is 6.18. The van der Waals surface area contributed by atoms with E-state index in [2.05, 4.69) is 194 Å². The molecule has 0 unspecified atom stereocenters. The van der Waals surface area contributed by atoms with Gasteiger partial charge in [0.2, 0.25) is 0 Å². The Bertz CT molecular complexity index is 3610. The molecule has 2 heterocycles. The van der Waals surface area contributed by atoms with E-state index in [1.165, 1.54) is 27.1 Å². The van der Waals surface area contributed by atoms with Crippen LogP contribution in [-0.4, -0.2) is 15.0 Å². The summed E-state index contributed by atoms with van der Waals surface area (Å²) in [4.78, 5) is 15.7. The minimum absolute atomic E-state index is 0.622. The van der Waals surface area contributed by atoms with Crippen LogP contribution in [0, 0.1) is 0 Å². The minimum Gasteiger partial charge on any atom is -0.456 e. The van der Waals surface area contributed by atoms with Crippen LogP contribution in [0.2, 0.25) is 0 Å². The minimum atomic E-state index is 0.622. The zero-order valence-electron chi connectivity index (χ0n) is 31.8. The summed E-state index contributed by atoms with van der Waals surface area (Å²) >= 11 is 0. The maximum Gasteiger partial charge on any atom is 0.164 e. The molecule has 0 radical (unpaired) electrons. The number of rotatable bonds is 5. The number of hydrogen-bond donors (Lipinski definition) is 0. The first-order chi connectivity index (χ1) is 29.2. The lowest BCUT2D eigenvalue weighted by molar-refractivity contribution is 0.669. The number of benzene rings is 10. The van der Waals surface area contributed by atoms with Gasteiger partial charge in [-0.1, -0.05) is 170 Å². The van der Waals surface area contributed by atoms with Crippen LogP contribution in [0.15, 0.2) is 205 Å². The van der Waals surface area contributed by atoms with Gasteiger partial charge in [-0.2, -0.15) is 0 Å². The van der Waals surface area contributed by atoms with Crippen molar-refractivity contribution in [3.05, 3.63) is 200 Å². The van der Waals surface area contributed by atoms with Crippen LogP contribution >= 0.6 is 0 Å². The molecule has 0 N–H and O–H groups in total. The van der Waals surface area contributed by atoms with Gasteiger partial charge in [-0.25, -0.2) is 15.0 Å². The Labute approximate surface area is 339 Å². The maximum atomic E-state index is 6.49. The van der Waals surface area contributed by atoms with Gasteiger partial charge in [-0.15, -0.1) is 0 Å². The number of furan rings is 1. The van der Waals surface area contributed by atoms with Crippen LogP contribution in [-0.2, 0) is 0 Å². The van der Waals surface area contributed by atoms with Crippen LogP contribution < -0.4 is 0 Å². The molecule has 59 heavy (non-hydrogen) atoms. The van der Waals surface area contributed by atoms with E-state index in [1.807, 2.05) is 6.07 Å². The average molecular weight is 752 g/mol. The fourth-order valence-electron chi connectivity index (χ4n) is 8.81. The second kappa shape index (κ2) is 13.3. The molecule has 0 amide bonds. The zero-order chi connectivity index (χ0) is 38.9. The number of nitrogens with zero attached hydrogens (tertiary/aromatic N) is 3. The molecule has 0 saturated carbocycles. The van der Waals surface area contributed by atoms with Crippen molar-refractivity contribution < 1.29 is 4.42 Å². The molecule has 4 heteroatoms. The van der Waals surface area contributed by atoms with E-state index < -0.39 is 0 Å². The fraction of sp³-hybridized carbons (Fsp3) is 0. The molecule has 12 aromatic rings. The van der Waals surface area contributed by atoms with Crippen molar-refractivity contribution in [3.63, 3.8) is 0 Å². The smallest absolute Gasteiger partial charge is 0.164 e. The molecular formula is C55H33N3O. The van der Waals surface area contributed by atoms with Crippen molar-refractivity contribution in [3.8, 4) is 56.4 Å². The molecule has 0 fully saturated rings. The highest BCUT2D eigenvalue weighted by atomic mass is 16.3. The summed E-state index contributed by atoms with van der Waals surface area (Å²) < 4.78 is 6.49. The summed E-state index contributed by atoms with van der Waals surface area (Å²) in [7, 11) is 0. The van der Waals surface area contributed by atoms with Crippen LogP contribution in [0.3, 0.4) is 0 Å². The Hall–Kier alpha value is -7.95. The van der Waals surface area contributed by atoms with Crippen molar-refractivity contribution in [2.75, 3.05) is 0 Å². The first kappa shape index (κ1) is 33.2. The third-order valence-electron chi connectivity index (χ3n) is 11.7. The Balaban J connectivity index is 1.05. The van der Waals surface area contributed by atoms with E-state index >= 15 is 0 Å². The van der Waals surface area contributed by atoms with Crippen LogP contribution in [0.4, 0.5) is 0 Å². The Kier molecular flexibility index (Phi) is 7.50. The van der Waals surface area contributed by atoms with Crippen molar-refractivity contribution in [2.45, 2.75) is 0 Å². The summed E-state index contributed by atoms with van der Waals surface area (Å²) in [6.45, 7) is 0. The molecule has 0 atom stereocenters. The third-order valence-corrected chi connectivity index (χ3v) is 11.7. The van der Waals surface area contributed by atoms with Crippen molar-refractivity contribution in [2.24, 2.45) is 0 Å². The normalized spacial score (nSPS) is 11.7. The second-order valence-electron chi connectivity index (χ2n) is 15.2. The fourth-order valence-corrected chi connectivity index (χ4v) is 8.81. The average Bonchev–Trinajstić information content (AvgIpc) is 3.68. The molecule has 0 saturated heterocycles. The van der Waals surface area contributed by atoms with Gasteiger partial charge in [0.15, 0.2) is 17.5 Å². The van der Waals surface area contributed by atoms with Gasteiger partial charge >= 0.3 is 0 Å². The van der Waals surface area contributed by atoms with Gasteiger partial charge in [0.25, 0.3) is 0 Å². The molecule has 10 aromatic carbocycles. The van der Waals surface area contributed by atoms with E-state index in [0.29, 0.717) is 17.5 Å². The summed E-state index contributed by atoms with van der Waals surface area (Å²) in [5.41, 5.74) is 9.11. The predicted octanol–water partition coefficient (Wildman–Crippen LogP) is 14.7. The van der Waals surface area contributed by atoms with Crippen molar-refractivity contribution in [1.82, 2.24) is 15.0 Å².